The molecule has 0 radical (unpaired) electrons. The topological polar surface area (TPSA) is 99.9 Å². The van der Waals surface area contributed by atoms with Gasteiger partial charge in [-0.05, 0) is 30.7 Å². The summed E-state index contributed by atoms with van der Waals surface area (Å²) >= 11 is 0. The third-order valence-electron chi connectivity index (χ3n) is 3.19. The summed E-state index contributed by atoms with van der Waals surface area (Å²) in [5.41, 5.74) is 2.49. The highest BCUT2D eigenvalue weighted by atomic mass is 16.6. The van der Waals surface area contributed by atoms with Crippen molar-refractivity contribution in [3.63, 3.8) is 0 Å². The van der Waals surface area contributed by atoms with Crippen LogP contribution in [0.25, 0.3) is 11.7 Å². The first-order chi connectivity index (χ1) is 11.5. The smallest absolute Gasteiger partial charge is 0.433 e. The van der Waals surface area contributed by atoms with Crippen LogP contribution in [0.2, 0.25) is 0 Å². The Morgan fingerprint density at radius 1 is 1.38 bits per heavy atom. The van der Waals surface area contributed by atoms with Gasteiger partial charge in [0, 0.05) is 18.5 Å². The van der Waals surface area contributed by atoms with Gasteiger partial charge in [-0.1, -0.05) is 6.07 Å². The molecule has 0 spiro atoms. The molecule has 3 aromatic heterocycles. The van der Waals surface area contributed by atoms with Crippen LogP contribution in [0.3, 0.4) is 0 Å². The number of pyridine rings is 1. The second kappa shape index (κ2) is 6.37. The van der Waals surface area contributed by atoms with Crippen molar-refractivity contribution in [2.75, 3.05) is 0 Å². The maximum absolute atomic E-state index is 11.7. The second-order valence-corrected chi connectivity index (χ2v) is 5.08. The van der Waals surface area contributed by atoms with Crippen molar-refractivity contribution in [2.45, 2.75) is 13.5 Å². The van der Waals surface area contributed by atoms with Crippen molar-refractivity contribution in [1.82, 2.24) is 9.38 Å². The van der Waals surface area contributed by atoms with Crippen LogP contribution in [0.4, 0.5) is 5.88 Å². The van der Waals surface area contributed by atoms with E-state index in [1.54, 1.807) is 6.20 Å². The van der Waals surface area contributed by atoms with E-state index in [0.717, 1.165) is 17.3 Å². The molecule has 122 valence electrons. The lowest BCUT2D eigenvalue weighted by atomic mass is 10.3. The number of fused-ring (bicyclic) bond motifs is 1. The summed E-state index contributed by atoms with van der Waals surface area (Å²) in [7, 11) is 0. The van der Waals surface area contributed by atoms with E-state index in [1.807, 2.05) is 29.7 Å². The molecule has 0 aliphatic rings. The maximum atomic E-state index is 11.7. The summed E-state index contributed by atoms with van der Waals surface area (Å²) in [6.45, 7) is 2.01. The average molecular weight is 327 g/mol. The quantitative estimate of drug-likeness (QED) is 0.309. The molecule has 0 aromatic carbocycles. The van der Waals surface area contributed by atoms with Crippen LogP contribution in [-0.2, 0) is 16.1 Å². The molecule has 0 saturated heterocycles. The molecular weight excluding hydrogens is 314 g/mol. The fourth-order valence-electron chi connectivity index (χ4n) is 2.10. The predicted molar refractivity (Wildman–Crippen MR) is 84.1 cm³/mol. The molecule has 0 unspecified atom stereocenters. The number of hydrogen-bond donors (Lipinski definition) is 0. The number of hydrogen-bond acceptors (Lipinski definition) is 6. The number of aromatic nitrogens is 2. The van der Waals surface area contributed by atoms with Gasteiger partial charge >= 0.3 is 11.9 Å². The molecule has 0 N–H and O–H groups in total. The standard InChI is InChI=1S/C16H13N3O5/c1-11-2-5-14-17-12(9-18(14)8-11)10-23-16(20)7-4-13-3-6-15(24-13)19(21)22/h2-9H,10H2,1H3/b7-4+. The minimum absolute atomic E-state index is 0.0300. The zero-order valence-corrected chi connectivity index (χ0v) is 12.7. The highest BCUT2D eigenvalue weighted by Crippen LogP contribution is 2.16. The highest BCUT2D eigenvalue weighted by Gasteiger charge is 2.10. The van der Waals surface area contributed by atoms with E-state index in [1.165, 1.54) is 18.2 Å². The second-order valence-electron chi connectivity index (χ2n) is 5.08. The number of carbonyl (C=O) groups excluding carboxylic acids is 1. The van der Waals surface area contributed by atoms with Gasteiger partial charge in [0.2, 0.25) is 0 Å². The lowest BCUT2D eigenvalue weighted by Crippen LogP contribution is -2.00. The van der Waals surface area contributed by atoms with Gasteiger partial charge in [0.1, 0.15) is 22.9 Å². The number of furan rings is 1. The van der Waals surface area contributed by atoms with Gasteiger partial charge in [0.15, 0.2) is 0 Å². The molecular formula is C16H13N3O5. The van der Waals surface area contributed by atoms with E-state index in [9.17, 15) is 14.9 Å². The number of rotatable bonds is 5. The summed E-state index contributed by atoms with van der Waals surface area (Å²) in [5, 5.41) is 10.5. The van der Waals surface area contributed by atoms with Gasteiger partial charge in [-0.2, -0.15) is 0 Å². The van der Waals surface area contributed by atoms with Crippen molar-refractivity contribution in [3.05, 3.63) is 69.9 Å². The van der Waals surface area contributed by atoms with E-state index < -0.39 is 10.9 Å². The number of imidazole rings is 1. The Hall–Kier alpha value is -3.42. The Kier molecular flexibility index (Phi) is 4.11. The monoisotopic (exact) mass is 327 g/mol. The number of carbonyl (C=O) groups is 1. The highest BCUT2D eigenvalue weighted by molar-refractivity contribution is 5.86. The molecule has 8 nitrogen and oxygen atoms in total. The van der Waals surface area contributed by atoms with Gasteiger partial charge in [0.25, 0.3) is 0 Å². The molecule has 0 aliphatic carbocycles. The van der Waals surface area contributed by atoms with Gasteiger partial charge in [-0.25, -0.2) is 9.78 Å². The fourth-order valence-corrected chi connectivity index (χ4v) is 2.10. The van der Waals surface area contributed by atoms with Gasteiger partial charge in [0.05, 0.1) is 11.8 Å². The third-order valence-corrected chi connectivity index (χ3v) is 3.19. The molecule has 0 aliphatic heterocycles. The van der Waals surface area contributed by atoms with Gasteiger partial charge < -0.3 is 13.6 Å². The largest absolute Gasteiger partial charge is 0.456 e. The Bertz CT molecular complexity index is 938. The van der Waals surface area contributed by atoms with Crippen molar-refractivity contribution >= 4 is 23.6 Å². The van der Waals surface area contributed by atoms with Crippen molar-refractivity contribution in [1.29, 1.82) is 0 Å². The average Bonchev–Trinajstić information content (AvgIpc) is 3.17. The van der Waals surface area contributed by atoms with Crippen LogP contribution >= 0.6 is 0 Å². The first-order valence-corrected chi connectivity index (χ1v) is 7.04. The van der Waals surface area contributed by atoms with Crippen molar-refractivity contribution < 1.29 is 18.9 Å². The molecule has 24 heavy (non-hydrogen) atoms. The van der Waals surface area contributed by atoms with Crippen LogP contribution in [-0.4, -0.2) is 20.3 Å². The molecule has 0 atom stereocenters. The Labute approximate surface area is 136 Å². The molecule has 3 rings (SSSR count). The van der Waals surface area contributed by atoms with E-state index in [0.29, 0.717) is 5.69 Å². The van der Waals surface area contributed by atoms with Crippen molar-refractivity contribution in [3.8, 4) is 0 Å². The molecule has 3 aromatic rings. The summed E-state index contributed by atoms with van der Waals surface area (Å²) in [4.78, 5) is 25.9. The number of aryl methyl sites for hydroxylation is 1. The van der Waals surface area contributed by atoms with Crippen LogP contribution in [0.5, 0.6) is 0 Å². The lowest BCUT2D eigenvalue weighted by molar-refractivity contribution is -0.402. The van der Waals surface area contributed by atoms with E-state index in [4.69, 9.17) is 9.15 Å². The normalized spacial score (nSPS) is 11.2. The Morgan fingerprint density at radius 2 is 2.21 bits per heavy atom. The van der Waals surface area contributed by atoms with Gasteiger partial charge in [-0.15, -0.1) is 0 Å². The first-order valence-electron chi connectivity index (χ1n) is 7.04. The number of nitrogens with zero attached hydrogens (tertiary/aromatic N) is 3. The summed E-state index contributed by atoms with van der Waals surface area (Å²) in [6, 6.07) is 6.43. The van der Waals surface area contributed by atoms with Crippen molar-refractivity contribution in [2.24, 2.45) is 0 Å². The molecule has 3 heterocycles. The maximum Gasteiger partial charge on any atom is 0.433 e. The Morgan fingerprint density at radius 3 is 2.96 bits per heavy atom. The molecule has 8 heteroatoms. The number of nitro groups is 1. The van der Waals surface area contributed by atoms with Crippen LogP contribution in [0, 0.1) is 17.0 Å². The third kappa shape index (κ3) is 3.49. The SMILES string of the molecule is Cc1ccc2nc(COC(=O)/C=C/c3ccc([N+](=O)[O-])o3)cn2c1. The molecule has 0 saturated carbocycles. The minimum atomic E-state index is -0.652. The minimum Gasteiger partial charge on any atom is -0.456 e. The van der Waals surface area contributed by atoms with E-state index >= 15 is 0 Å². The zero-order chi connectivity index (χ0) is 17.1. The van der Waals surface area contributed by atoms with Gasteiger partial charge in [-0.3, -0.25) is 10.1 Å². The van der Waals surface area contributed by atoms with Crippen LogP contribution in [0.15, 0.2) is 47.2 Å². The number of esters is 1. The molecule has 0 fully saturated rings. The first kappa shape index (κ1) is 15.5. The van der Waals surface area contributed by atoms with E-state index in [-0.39, 0.29) is 18.3 Å². The van der Waals surface area contributed by atoms with E-state index in [2.05, 4.69) is 4.98 Å². The van der Waals surface area contributed by atoms with Crippen LogP contribution in [0.1, 0.15) is 17.0 Å². The summed E-state index contributed by atoms with van der Waals surface area (Å²) in [6.07, 6.45) is 6.16. The molecule has 0 amide bonds. The summed E-state index contributed by atoms with van der Waals surface area (Å²) in [5.74, 6) is -0.785. The predicted octanol–water partition coefficient (Wildman–Crippen LogP) is 2.90. The Balaban J connectivity index is 1.59. The zero-order valence-electron chi connectivity index (χ0n) is 12.7. The lowest BCUT2D eigenvalue weighted by Gasteiger charge is -1.97. The fraction of sp³-hybridized carbons (Fsp3) is 0.125. The number of ether oxygens (including phenoxy) is 1. The molecule has 0 bridgehead atoms. The summed E-state index contributed by atoms with van der Waals surface area (Å²) < 4.78 is 11.8. The van der Waals surface area contributed by atoms with Crippen LogP contribution < -0.4 is 0 Å².